The van der Waals surface area contributed by atoms with E-state index in [0.29, 0.717) is 0 Å². The van der Waals surface area contributed by atoms with Crippen molar-refractivity contribution < 1.29 is 4.79 Å². The SMILES string of the molecule is CCc1nccn1C(=O)C(CC)CC. The largest absolute Gasteiger partial charge is 0.274 e. The van der Waals surface area contributed by atoms with E-state index in [2.05, 4.69) is 18.8 Å². The van der Waals surface area contributed by atoms with Crippen molar-refractivity contribution in [3.8, 4) is 0 Å². The molecular formula is C11H18N2O. The van der Waals surface area contributed by atoms with Crippen LogP contribution in [0.4, 0.5) is 0 Å². The highest BCUT2D eigenvalue weighted by Gasteiger charge is 2.17. The van der Waals surface area contributed by atoms with Gasteiger partial charge in [-0.25, -0.2) is 4.98 Å². The molecule has 0 aromatic carbocycles. The molecule has 0 amide bonds. The first-order chi connectivity index (χ1) is 6.74. The normalized spacial score (nSPS) is 10.9. The van der Waals surface area contributed by atoms with Gasteiger partial charge in [0.1, 0.15) is 5.82 Å². The highest BCUT2D eigenvalue weighted by Crippen LogP contribution is 2.12. The number of rotatable bonds is 4. The highest BCUT2D eigenvalue weighted by molar-refractivity contribution is 5.81. The fourth-order valence-electron chi connectivity index (χ4n) is 1.63. The average Bonchev–Trinajstić information content (AvgIpc) is 2.67. The van der Waals surface area contributed by atoms with Gasteiger partial charge in [0.15, 0.2) is 0 Å². The summed E-state index contributed by atoms with van der Waals surface area (Å²) in [5, 5.41) is 0. The summed E-state index contributed by atoms with van der Waals surface area (Å²) in [6, 6.07) is 0. The molecule has 1 aromatic heterocycles. The smallest absolute Gasteiger partial charge is 0.235 e. The third kappa shape index (κ3) is 2.03. The minimum absolute atomic E-state index is 0.134. The molecule has 1 heterocycles. The van der Waals surface area contributed by atoms with Gasteiger partial charge in [-0.15, -0.1) is 0 Å². The van der Waals surface area contributed by atoms with Crippen molar-refractivity contribution in [3.63, 3.8) is 0 Å². The molecule has 0 unspecified atom stereocenters. The molecule has 1 rings (SSSR count). The van der Waals surface area contributed by atoms with Crippen LogP contribution in [0.15, 0.2) is 12.4 Å². The van der Waals surface area contributed by atoms with Crippen LogP contribution in [0.25, 0.3) is 0 Å². The van der Waals surface area contributed by atoms with Gasteiger partial charge in [0.25, 0.3) is 0 Å². The maximum atomic E-state index is 12.0. The lowest BCUT2D eigenvalue weighted by Gasteiger charge is -2.12. The molecule has 3 nitrogen and oxygen atoms in total. The maximum absolute atomic E-state index is 12.0. The molecule has 1 aromatic rings. The summed E-state index contributed by atoms with van der Waals surface area (Å²) < 4.78 is 1.69. The molecule has 14 heavy (non-hydrogen) atoms. The summed E-state index contributed by atoms with van der Waals surface area (Å²) in [5.74, 6) is 1.18. The molecular weight excluding hydrogens is 176 g/mol. The van der Waals surface area contributed by atoms with Gasteiger partial charge in [-0.05, 0) is 12.8 Å². The van der Waals surface area contributed by atoms with Gasteiger partial charge in [0.2, 0.25) is 5.91 Å². The quantitative estimate of drug-likeness (QED) is 0.738. The van der Waals surface area contributed by atoms with E-state index in [4.69, 9.17) is 0 Å². The van der Waals surface area contributed by atoms with Crippen molar-refractivity contribution in [2.45, 2.75) is 40.0 Å². The summed E-state index contributed by atoms with van der Waals surface area (Å²) in [6.45, 7) is 6.11. The minimum atomic E-state index is 0.134. The topological polar surface area (TPSA) is 34.9 Å². The number of hydrogen-bond acceptors (Lipinski definition) is 2. The molecule has 0 bridgehead atoms. The highest BCUT2D eigenvalue weighted by atomic mass is 16.2. The van der Waals surface area contributed by atoms with E-state index in [9.17, 15) is 4.79 Å². The van der Waals surface area contributed by atoms with Crippen LogP contribution in [0, 0.1) is 5.92 Å². The molecule has 0 atom stereocenters. The number of nitrogens with zero attached hydrogens (tertiary/aromatic N) is 2. The second-order valence-electron chi connectivity index (χ2n) is 3.42. The standard InChI is InChI=1S/C11H18N2O/c1-4-9(5-2)11(14)13-8-7-12-10(13)6-3/h7-9H,4-6H2,1-3H3. The zero-order chi connectivity index (χ0) is 10.6. The van der Waals surface area contributed by atoms with Gasteiger partial charge in [-0.3, -0.25) is 9.36 Å². The number of imidazole rings is 1. The number of aromatic nitrogens is 2. The summed E-state index contributed by atoms with van der Waals surface area (Å²) >= 11 is 0. The fraction of sp³-hybridized carbons (Fsp3) is 0.636. The van der Waals surface area contributed by atoms with E-state index in [1.165, 1.54) is 0 Å². The molecule has 0 aliphatic heterocycles. The molecule has 0 aliphatic carbocycles. The first kappa shape index (κ1) is 11.0. The maximum Gasteiger partial charge on any atom is 0.235 e. The van der Waals surface area contributed by atoms with Crippen LogP contribution >= 0.6 is 0 Å². The van der Waals surface area contributed by atoms with Crippen LogP contribution in [-0.2, 0) is 6.42 Å². The average molecular weight is 194 g/mol. The molecule has 0 spiro atoms. The summed E-state index contributed by atoms with van der Waals surface area (Å²) in [6.07, 6.45) is 6.06. The number of carbonyl (C=O) groups excluding carboxylic acids is 1. The van der Waals surface area contributed by atoms with Crippen molar-refractivity contribution in [1.29, 1.82) is 0 Å². The molecule has 0 saturated carbocycles. The van der Waals surface area contributed by atoms with Crippen molar-refractivity contribution >= 4 is 5.91 Å². The van der Waals surface area contributed by atoms with Crippen LogP contribution in [-0.4, -0.2) is 15.5 Å². The zero-order valence-electron chi connectivity index (χ0n) is 9.16. The Bertz CT molecular complexity index is 300. The van der Waals surface area contributed by atoms with Gasteiger partial charge in [0.05, 0.1) is 0 Å². The second-order valence-corrected chi connectivity index (χ2v) is 3.42. The lowest BCUT2D eigenvalue weighted by atomic mass is 10.0. The third-order valence-electron chi connectivity index (χ3n) is 2.61. The van der Waals surface area contributed by atoms with Gasteiger partial charge in [-0.1, -0.05) is 20.8 Å². The fourth-order valence-corrected chi connectivity index (χ4v) is 1.63. The van der Waals surface area contributed by atoms with E-state index in [-0.39, 0.29) is 11.8 Å². The zero-order valence-corrected chi connectivity index (χ0v) is 9.16. The van der Waals surface area contributed by atoms with Crippen molar-refractivity contribution in [1.82, 2.24) is 9.55 Å². The Labute approximate surface area is 85.2 Å². The van der Waals surface area contributed by atoms with Crippen LogP contribution in [0.1, 0.15) is 44.2 Å². The summed E-state index contributed by atoms with van der Waals surface area (Å²) in [5.41, 5.74) is 0. The number of hydrogen-bond donors (Lipinski definition) is 0. The van der Waals surface area contributed by atoms with Gasteiger partial charge >= 0.3 is 0 Å². The third-order valence-corrected chi connectivity index (χ3v) is 2.61. The molecule has 3 heteroatoms. The molecule has 0 saturated heterocycles. The van der Waals surface area contributed by atoms with Crippen LogP contribution in [0.5, 0.6) is 0 Å². The molecule has 0 fully saturated rings. The van der Waals surface area contributed by atoms with E-state index < -0.39 is 0 Å². The second kappa shape index (κ2) is 4.94. The minimum Gasteiger partial charge on any atom is -0.274 e. The number of aryl methyl sites for hydroxylation is 1. The van der Waals surface area contributed by atoms with E-state index in [0.717, 1.165) is 25.1 Å². The molecule has 0 radical (unpaired) electrons. The first-order valence-electron chi connectivity index (χ1n) is 5.30. The van der Waals surface area contributed by atoms with E-state index in [1.54, 1.807) is 17.0 Å². The van der Waals surface area contributed by atoms with Crippen LogP contribution < -0.4 is 0 Å². The Morgan fingerprint density at radius 1 is 1.43 bits per heavy atom. The van der Waals surface area contributed by atoms with Crippen molar-refractivity contribution in [2.24, 2.45) is 5.92 Å². The van der Waals surface area contributed by atoms with E-state index in [1.807, 2.05) is 6.92 Å². The Kier molecular flexibility index (Phi) is 3.86. The lowest BCUT2D eigenvalue weighted by molar-refractivity contribution is 0.0823. The molecule has 0 aliphatic rings. The Hall–Kier alpha value is -1.12. The molecule has 78 valence electrons. The van der Waals surface area contributed by atoms with Crippen LogP contribution in [0.3, 0.4) is 0 Å². The summed E-state index contributed by atoms with van der Waals surface area (Å²) in [7, 11) is 0. The van der Waals surface area contributed by atoms with Gasteiger partial charge in [0, 0.05) is 24.7 Å². The van der Waals surface area contributed by atoms with Gasteiger partial charge < -0.3 is 0 Å². The van der Waals surface area contributed by atoms with Gasteiger partial charge in [-0.2, -0.15) is 0 Å². The molecule has 0 N–H and O–H groups in total. The van der Waals surface area contributed by atoms with E-state index >= 15 is 0 Å². The monoisotopic (exact) mass is 194 g/mol. The first-order valence-corrected chi connectivity index (χ1v) is 5.30. The Morgan fingerprint density at radius 3 is 2.57 bits per heavy atom. The Balaban J connectivity index is 2.87. The van der Waals surface area contributed by atoms with Crippen molar-refractivity contribution in [3.05, 3.63) is 18.2 Å². The number of carbonyl (C=O) groups is 1. The Morgan fingerprint density at radius 2 is 2.07 bits per heavy atom. The van der Waals surface area contributed by atoms with Crippen molar-refractivity contribution in [2.75, 3.05) is 0 Å². The summed E-state index contributed by atoms with van der Waals surface area (Å²) in [4.78, 5) is 16.1. The predicted molar refractivity (Wildman–Crippen MR) is 56.3 cm³/mol. The predicted octanol–water partition coefficient (Wildman–Crippen LogP) is 2.52. The van der Waals surface area contributed by atoms with Crippen LogP contribution in [0.2, 0.25) is 0 Å². The lowest BCUT2D eigenvalue weighted by Crippen LogP contribution is -2.21.